The number of amides is 1. The van der Waals surface area contributed by atoms with Crippen LogP contribution in [0.5, 0.6) is 0 Å². The van der Waals surface area contributed by atoms with Gasteiger partial charge in [0, 0.05) is 16.8 Å². The molecule has 0 spiro atoms. The van der Waals surface area contributed by atoms with Gasteiger partial charge in [0.25, 0.3) is 5.91 Å². The molecule has 1 amide bonds. The summed E-state index contributed by atoms with van der Waals surface area (Å²) in [6.45, 7) is 6.88. The van der Waals surface area contributed by atoms with Gasteiger partial charge in [0.05, 0.1) is 22.6 Å². The number of benzene rings is 2. The van der Waals surface area contributed by atoms with Crippen LogP contribution in [-0.2, 0) is 14.8 Å². The number of esters is 1. The molecule has 0 atom stereocenters. The van der Waals surface area contributed by atoms with E-state index in [1.165, 1.54) is 37.4 Å². The van der Waals surface area contributed by atoms with E-state index in [1.54, 1.807) is 33.8 Å². The summed E-state index contributed by atoms with van der Waals surface area (Å²) in [7, 11) is -2.57. The van der Waals surface area contributed by atoms with Gasteiger partial charge in [0.2, 0.25) is 10.0 Å². The van der Waals surface area contributed by atoms with E-state index in [-0.39, 0.29) is 21.0 Å². The van der Waals surface area contributed by atoms with Gasteiger partial charge in [0.15, 0.2) is 0 Å². The Morgan fingerprint density at radius 1 is 1.03 bits per heavy atom. The van der Waals surface area contributed by atoms with Gasteiger partial charge < -0.3 is 10.1 Å². The Morgan fingerprint density at radius 2 is 1.69 bits per heavy atom. The monoisotopic (exact) mass is 438 g/mol. The quantitative estimate of drug-likeness (QED) is 0.692. The van der Waals surface area contributed by atoms with Crippen molar-refractivity contribution in [3.05, 3.63) is 58.1 Å². The van der Waals surface area contributed by atoms with Crippen molar-refractivity contribution in [2.24, 2.45) is 0 Å². The fourth-order valence-corrected chi connectivity index (χ4v) is 4.18. The molecule has 0 heterocycles. The maximum Gasteiger partial charge on any atom is 0.339 e. The summed E-state index contributed by atoms with van der Waals surface area (Å²) in [5.74, 6) is -1.16. The standard InChI is InChI=1S/C20H23ClN2O5S/c1-12-6-8-14(29(26,27)23-20(2,3)4)11-15(12)18(24)22-13-7-9-17(21)16(10-13)19(25)28-5/h6-11,23H,1-5H3,(H,22,24). The number of rotatable bonds is 5. The first kappa shape index (κ1) is 22.9. The molecule has 29 heavy (non-hydrogen) atoms. The van der Waals surface area contributed by atoms with Crippen LogP contribution >= 0.6 is 11.6 Å². The molecule has 9 heteroatoms. The van der Waals surface area contributed by atoms with Crippen molar-refractivity contribution in [1.29, 1.82) is 0 Å². The van der Waals surface area contributed by atoms with Crippen LogP contribution in [0.25, 0.3) is 0 Å². The second-order valence-corrected chi connectivity index (χ2v) is 9.56. The highest BCUT2D eigenvalue weighted by molar-refractivity contribution is 7.89. The largest absolute Gasteiger partial charge is 0.465 e. The number of hydrogen-bond acceptors (Lipinski definition) is 5. The summed E-state index contributed by atoms with van der Waals surface area (Å²) in [6.07, 6.45) is 0. The maximum atomic E-state index is 12.8. The van der Waals surface area contributed by atoms with Crippen molar-refractivity contribution in [1.82, 2.24) is 4.72 Å². The van der Waals surface area contributed by atoms with Gasteiger partial charge in [-0.1, -0.05) is 17.7 Å². The smallest absolute Gasteiger partial charge is 0.339 e. The molecule has 0 radical (unpaired) electrons. The van der Waals surface area contributed by atoms with Crippen molar-refractivity contribution < 1.29 is 22.7 Å². The van der Waals surface area contributed by atoms with E-state index >= 15 is 0 Å². The van der Waals surface area contributed by atoms with Crippen LogP contribution in [0.1, 0.15) is 47.1 Å². The molecule has 2 aromatic carbocycles. The highest BCUT2D eigenvalue weighted by Gasteiger charge is 2.23. The molecule has 0 unspecified atom stereocenters. The summed E-state index contributed by atoms with van der Waals surface area (Å²) >= 11 is 5.99. The lowest BCUT2D eigenvalue weighted by Gasteiger charge is -2.20. The molecule has 2 N–H and O–H groups in total. The van der Waals surface area contributed by atoms with Gasteiger partial charge in [-0.25, -0.2) is 17.9 Å². The first-order chi connectivity index (χ1) is 13.3. The Bertz CT molecular complexity index is 1060. The lowest BCUT2D eigenvalue weighted by Crippen LogP contribution is -2.40. The van der Waals surface area contributed by atoms with E-state index in [2.05, 4.69) is 14.8 Å². The van der Waals surface area contributed by atoms with Crippen LogP contribution in [0.3, 0.4) is 0 Å². The minimum atomic E-state index is -3.80. The molecule has 0 bridgehead atoms. The lowest BCUT2D eigenvalue weighted by atomic mass is 10.1. The topological polar surface area (TPSA) is 102 Å². The number of carbonyl (C=O) groups excluding carboxylic acids is 2. The highest BCUT2D eigenvalue weighted by Crippen LogP contribution is 2.23. The molecular weight excluding hydrogens is 416 g/mol. The summed E-state index contributed by atoms with van der Waals surface area (Å²) in [4.78, 5) is 24.5. The van der Waals surface area contributed by atoms with Crippen molar-refractivity contribution in [3.63, 3.8) is 0 Å². The normalized spacial score (nSPS) is 11.8. The molecule has 0 fully saturated rings. The van der Waals surface area contributed by atoms with Crippen LogP contribution in [0.2, 0.25) is 5.02 Å². The third-order valence-corrected chi connectivity index (χ3v) is 5.92. The SMILES string of the molecule is COC(=O)c1cc(NC(=O)c2cc(S(=O)(=O)NC(C)(C)C)ccc2C)ccc1Cl. The summed E-state index contributed by atoms with van der Waals surface area (Å²) in [5.41, 5.74) is 0.546. The average molecular weight is 439 g/mol. The van der Waals surface area contributed by atoms with Gasteiger partial charge in [-0.05, 0) is 63.6 Å². The van der Waals surface area contributed by atoms with Gasteiger partial charge in [-0.15, -0.1) is 0 Å². The summed E-state index contributed by atoms with van der Waals surface area (Å²) in [5, 5.41) is 2.84. The number of hydrogen-bond donors (Lipinski definition) is 2. The first-order valence-electron chi connectivity index (χ1n) is 8.68. The molecule has 0 aromatic heterocycles. The first-order valence-corrected chi connectivity index (χ1v) is 10.5. The van der Waals surface area contributed by atoms with Gasteiger partial charge in [0.1, 0.15) is 0 Å². The van der Waals surface area contributed by atoms with Crippen LogP contribution < -0.4 is 10.0 Å². The van der Waals surface area contributed by atoms with E-state index < -0.39 is 27.4 Å². The minimum absolute atomic E-state index is 0.0190. The van der Waals surface area contributed by atoms with Gasteiger partial charge >= 0.3 is 5.97 Å². The third kappa shape index (κ3) is 5.79. The molecule has 0 saturated carbocycles. The Hall–Kier alpha value is -2.42. The number of aryl methyl sites for hydroxylation is 1. The van der Waals surface area contributed by atoms with Crippen molar-refractivity contribution >= 4 is 39.2 Å². The highest BCUT2D eigenvalue weighted by atomic mass is 35.5. The molecule has 0 aliphatic rings. The Kier molecular flexibility index (Phi) is 6.72. The number of halogens is 1. The fourth-order valence-electron chi connectivity index (χ4n) is 2.54. The van der Waals surface area contributed by atoms with E-state index in [9.17, 15) is 18.0 Å². The Labute approximate surface area is 175 Å². The van der Waals surface area contributed by atoms with Crippen LogP contribution in [0.4, 0.5) is 5.69 Å². The maximum absolute atomic E-state index is 12.8. The number of ether oxygens (including phenoxy) is 1. The van der Waals surface area contributed by atoms with Gasteiger partial charge in [-0.2, -0.15) is 0 Å². The van der Waals surface area contributed by atoms with Crippen LogP contribution in [0, 0.1) is 6.92 Å². The Morgan fingerprint density at radius 3 is 2.28 bits per heavy atom. The second kappa shape index (κ2) is 8.52. The zero-order valence-corrected chi connectivity index (χ0v) is 18.4. The predicted octanol–water partition coefficient (Wildman–Crippen LogP) is 3.76. The van der Waals surface area contributed by atoms with Crippen molar-refractivity contribution in [2.75, 3.05) is 12.4 Å². The zero-order chi connectivity index (χ0) is 22.0. The molecule has 156 valence electrons. The second-order valence-electron chi connectivity index (χ2n) is 7.47. The van der Waals surface area contributed by atoms with Crippen molar-refractivity contribution in [2.45, 2.75) is 38.1 Å². The molecule has 0 saturated heterocycles. The fraction of sp³-hybridized carbons (Fsp3) is 0.300. The van der Waals surface area contributed by atoms with Crippen LogP contribution in [-0.4, -0.2) is 32.9 Å². The van der Waals surface area contributed by atoms with E-state index in [4.69, 9.17) is 11.6 Å². The van der Waals surface area contributed by atoms with Crippen LogP contribution in [0.15, 0.2) is 41.3 Å². The summed E-state index contributed by atoms with van der Waals surface area (Å²) < 4.78 is 32.4. The zero-order valence-electron chi connectivity index (χ0n) is 16.8. The molecule has 2 rings (SSSR count). The molecule has 0 aliphatic carbocycles. The molecular formula is C20H23ClN2O5S. The number of nitrogens with one attached hydrogen (secondary N) is 2. The number of carbonyl (C=O) groups is 2. The predicted molar refractivity (Wildman–Crippen MR) is 112 cm³/mol. The van der Waals surface area contributed by atoms with Crippen molar-refractivity contribution in [3.8, 4) is 0 Å². The Balaban J connectivity index is 2.36. The molecule has 2 aromatic rings. The molecule has 0 aliphatic heterocycles. The van der Waals surface area contributed by atoms with E-state index in [0.717, 1.165) is 0 Å². The molecule has 7 nitrogen and oxygen atoms in total. The van der Waals surface area contributed by atoms with Gasteiger partial charge in [-0.3, -0.25) is 4.79 Å². The van der Waals surface area contributed by atoms with E-state index in [1.807, 2.05) is 0 Å². The average Bonchev–Trinajstić information content (AvgIpc) is 2.60. The summed E-state index contributed by atoms with van der Waals surface area (Å²) in [6, 6.07) is 8.71. The minimum Gasteiger partial charge on any atom is -0.465 e. The third-order valence-electron chi connectivity index (χ3n) is 3.83. The lowest BCUT2D eigenvalue weighted by molar-refractivity contribution is 0.0600. The van der Waals surface area contributed by atoms with E-state index in [0.29, 0.717) is 11.3 Å². The number of sulfonamides is 1. The number of anilines is 1. The number of methoxy groups -OCH3 is 1.